The highest BCUT2D eigenvalue weighted by Gasteiger charge is 2.33. The van der Waals surface area contributed by atoms with Crippen LogP contribution >= 0.6 is 0 Å². The second kappa shape index (κ2) is 5.74. The van der Waals surface area contributed by atoms with Crippen molar-refractivity contribution in [2.24, 2.45) is 11.8 Å². The molecule has 0 bridgehead atoms. The molecule has 0 aliphatic carbocycles. The van der Waals surface area contributed by atoms with Gasteiger partial charge in [-0.2, -0.15) is 4.31 Å². The summed E-state index contributed by atoms with van der Waals surface area (Å²) in [4.78, 5) is 0.270. The van der Waals surface area contributed by atoms with E-state index in [1.165, 1.54) is 7.11 Å². The fraction of sp³-hybridized carbons (Fsp3) is 0.600. The molecule has 20 heavy (non-hydrogen) atoms. The van der Waals surface area contributed by atoms with Crippen molar-refractivity contribution in [1.29, 1.82) is 0 Å². The first-order chi connectivity index (χ1) is 9.34. The number of hydrogen-bond acceptors (Lipinski definition) is 3. The molecule has 2 rings (SSSR count). The van der Waals surface area contributed by atoms with Gasteiger partial charge in [0.05, 0.1) is 7.11 Å². The molecule has 1 aliphatic heterocycles. The Hall–Kier alpha value is -1.07. The Morgan fingerprint density at radius 3 is 2.35 bits per heavy atom. The van der Waals surface area contributed by atoms with Gasteiger partial charge in [-0.15, -0.1) is 0 Å². The zero-order chi connectivity index (χ0) is 14.9. The summed E-state index contributed by atoms with van der Waals surface area (Å²) in [6, 6.07) is 5.23. The van der Waals surface area contributed by atoms with Crippen LogP contribution in [0.15, 0.2) is 23.1 Å². The third kappa shape index (κ3) is 2.99. The highest BCUT2D eigenvalue weighted by Crippen LogP contribution is 2.31. The quantitative estimate of drug-likeness (QED) is 0.861. The minimum atomic E-state index is -3.48. The largest absolute Gasteiger partial charge is 0.495 e. The Balaban J connectivity index is 2.39. The van der Waals surface area contributed by atoms with Crippen molar-refractivity contribution in [3.05, 3.63) is 23.8 Å². The minimum absolute atomic E-state index is 0.270. The van der Waals surface area contributed by atoms with Gasteiger partial charge in [-0.3, -0.25) is 0 Å². The topological polar surface area (TPSA) is 46.6 Å². The minimum Gasteiger partial charge on any atom is -0.495 e. The van der Waals surface area contributed by atoms with E-state index in [0.717, 1.165) is 12.0 Å². The van der Waals surface area contributed by atoms with E-state index >= 15 is 0 Å². The number of sulfonamides is 1. The SMILES string of the molecule is COc1cc(C)ccc1S(=O)(=O)N1C[C@H](C)C[C@H](C)C1. The average Bonchev–Trinajstić information content (AvgIpc) is 2.37. The van der Waals surface area contributed by atoms with Crippen molar-refractivity contribution < 1.29 is 13.2 Å². The van der Waals surface area contributed by atoms with E-state index < -0.39 is 10.0 Å². The maximum absolute atomic E-state index is 12.8. The molecule has 5 heteroatoms. The summed E-state index contributed by atoms with van der Waals surface area (Å²) in [6.07, 6.45) is 1.08. The Morgan fingerprint density at radius 2 is 1.80 bits per heavy atom. The number of aryl methyl sites for hydroxylation is 1. The summed E-state index contributed by atoms with van der Waals surface area (Å²) in [5.41, 5.74) is 0.987. The lowest BCUT2D eigenvalue weighted by molar-refractivity contribution is 0.222. The zero-order valence-corrected chi connectivity index (χ0v) is 13.4. The number of methoxy groups -OCH3 is 1. The fourth-order valence-electron chi connectivity index (χ4n) is 2.93. The molecule has 0 spiro atoms. The van der Waals surface area contributed by atoms with Crippen LogP contribution < -0.4 is 4.74 Å². The van der Waals surface area contributed by atoms with Crippen LogP contribution in [0.1, 0.15) is 25.8 Å². The van der Waals surface area contributed by atoms with E-state index in [9.17, 15) is 8.42 Å². The van der Waals surface area contributed by atoms with Gasteiger partial charge < -0.3 is 4.74 Å². The van der Waals surface area contributed by atoms with E-state index in [-0.39, 0.29) is 4.90 Å². The standard InChI is InChI=1S/C15H23NO3S/c1-11-5-6-15(14(8-11)19-4)20(17,18)16-9-12(2)7-13(3)10-16/h5-6,8,12-13H,7,9-10H2,1-4H3/t12-,13+. The molecule has 1 saturated heterocycles. The molecule has 0 amide bonds. The number of piperidine rings is 1. The van der Waals surface area contributed by atoms with Crippen LogP contribution in [-0.4, -0.2) is 32.9 Å². The number of nitrogens with zero attached hydrogens (tertiary/aromatic N) is 1. The van der Waals surface area contributed by atoms with E-state index in [0.29, 0.717) is 30.7 Å². The lowest BCUT2D eigenvalue weighted by Gasteiger charge is -2.34. The highest BCUT2D eigenvalue weighted by molar-refractivity contribution is 7.89. The molecule has 0 N–H and O–H groups in total. The number of hydrogen-bond donors (Lipinski definition) is 0. The molecule has 1 aromatic rings. The van der Waals surface area contributed by atoms with E-state index in [4.69, 9.17) is 4.74 Å². The monoisotopic (exact) mass is 297 g/mol. The van der Waals surface area contributed by atoms with Gasteiger partial charge in [0.25, 0.3) is 0 Å². The lowest BCUT2D eigenvalue weighted by Crippen LogP contribution is -2.42. The third-order valence-corrected chi connectivity index (χ3v) is 5.64. The summed E-state index contributed by atoms with van der Waals surface area (Å²) in [5, 5.41) is 0. The predicted octanol–water partition coefficient (Wildman–Crippen LogP) is 2.67. The van der Waals surface area contributed by atoms with Crippen LogP contribution in [0.25, 0.3) is 0 Å². The molecule has 0 unspecified atom stereocenters. The van der Waals surface area contributed by atoms with Gasteiger partial charge in [-0.05, 0) is 42.9 Å². The van der Waals surface area contributed by atoms with Crippen LogP contribution in [0.4, 0.5) is 0 Å². The normalized spacial score (nSPS) is 24.6. The summed E-state index contributed by atoms with van der Waals surface area (Å²) in [5.74, 6) is 1.21. The van der Waals surface area contributed by atoms with Gasteiger partial charge >= 0.3 is 0 Å². The first-order valence-corrected chi connectivity index (χ1v) is 8.43. The van der Waals surface area contributed by atoms with Crippen LogP contribution in [0.5, 0.6) is 5.75 Å². The Labute approximate surface area is 121 Å². The summed E-state index contributed by atoms with van der Waals surface area (Å²) >= 11 is 0. The molecule has 2 atom stereocenters. The molecule has 4 nitrogen and oxygen atoms in total. The Kier molecular flexibility index (Phi) is 4.39. The van der Waals surface area contributed by atoms with Crippen LogP contribution in [0.2, 0.25) is 0 Å². The summed E-state index contributed by atoms with van der Waals surface area (Å²) < 4.78 is 32.5. The number of benzene rings is 1. The van der Waals surface area contributed by atoms with Crippen molar-refractivity contribution >= 4 is 10.0 Å². The van der Waals surface area contributed by atoms with E-state index in [1.807, 2.05) is 13.0 Å². The smallest absolute Gasteiger partial charge is 0.246 e. The molecular weight excluding hydrogens is 274 g/mol. The Morgan fingerprint density at radius 1 is 1.20 bits per heavy atom. The number of ether oxygens (including phenoxy) is 1. The second-order valence-electron chi connectivity index (χ2n) is 5.92. The molecule has 112 valence electrons. The van der Waals surface area contributed by atoms with Gasteiger partial charge in [-0.25, -0.2) is 8.42 Å². The molecule has 1 aliphatic rings. The van der Waals surface area contributed by atoms with E-state index in [2.05, 4.69) is 13.8 Å². The lowest BCUT2D eigenvalue weighted by atomic mass is 9.94. The fourth-order valence-corrected chi connectivity index (χ4v) is 4.75. The molecule has 0 radical (unpaired) electrons. The molecule has 0 aromatic heterocycles. The third-order valence-electron chi connectivity index (χ3n) is 3.77. The molecule has 1 fully saturated rings. The van der Waals surface area contributed by atoms with Crippen molar-refractivity contribution in [2.75, 3.05) is 20.2 Å². The van der Waals surface area contributed by atoms with Gasteiger partial charge in [0.2, 0.25) is 10.0 Å². The van der Waals surface area contributed by atoms with E-state index in [1.54, 1.807) is 16.4 Å². The average molecular weight is 297 g/mol. The van der Waals surface area contributed by atoms with Crippen molar-refractivity contribution in [3.63, 3.8) is 0 Å². The zero-order valence-electron chi connectivity index (χ0n) is 12.6. The van der Waals surface area contributed by atoms with Crippen molar-refractivity contribution in [3.8, 4) is 5.75 Å². The van der Waals surface area contributed by atoms with Gasteiger partial charge in [0.1, 0.15) is 10.6 Å². The first kappa shape index (κ1) is 15.3. The predicted molar refractivity (Wildman–Crippen MR) is 79.4 cm³/mol. The van der Waals surface area contributed by atoms with Crippen LogP contribution in [0, 0.1) is 18.8 Å². The Bertz CT molecular complexity index is 573. The maximum Gasteiger partial charge on any atom is 0.246 e. The van der Waals surface area contributed by atoms with Crippen LogP contribution in [-0.2, 0) is 10.0 Å². The summed E-state index contributed by atoms with van der Waals surface area (Å²) in [6.45, 7) is 7.30. The second-order valence-corrected chi connectivity index (χ2v) is 7.83. The van der Waals surface area contributed by atoms with Crippen LogP contribution in [0.3, 0.4) is 0 Å². The number of rotatable bonds is 3. The summed E-state index contributed by atoms with van der Waals surface area (Å²) in [7, 11) is -1.97. The van der Waals surface area contributed by atoms with Crippen molar-refractivity contribution in [2.45, 2.75) is 32.1 Å². The molecule has 0 saturated carbocycles. The first-order valence-electron chi connectivity index (χ1n) is 6.99. The van der Waals surface area contributed by atoms with Gasteiger partial charge in [0.15, 0.2) is 0 Å². The van der Waals surface area contributed by atoms with Gasteiger partial charge in [-0.1, -0.05) is 19.9 Å². The maximum atomic E-state index is 12.8. The molecule has 1 heterocycles. The van der Waals surface area contributed by atoms with Crippen molar-refractivity contribution in [1.82, 2.24) is 4.31 Å². The highest BCUT2D eigenvalue weighted by atomic mass is 32.2. The molecule has 1 aromatic carbocycles. The van der Waals surface area contributed by atoms with Gasteiger partial charge in [0, 0.05) is 13.1 Å². The molecular formula is C15H23NO3S.